The van der Waals surface area contributed by atoms with E-state index in [1.54, 1.807) is 4.68 Å². The molecule has 1 aromatic carbocycles. The molecule has 1 aromatic heterocycles. The molecule has 0 radical (unpaired) electrons. The fraction of sp³-hybridized carbons (Fsp3) is 0.529. The van der Waals surface area contributed by atoms with Gasteiger partial charge in [0.05, 0.1) is 0 Å². The van der Waals surface area contributed by atoms with Gasteiger partial charge in [0.2, 0.25) is 0 Å². The van der Waals surface area contributed by atoms with Gasteiger partial charge in [0, 0.05) is 18.5 Å². The van der Waals surface area contributed by atoms with Gasteiger partial charge < -0.3 is 5.11 Å². The zero-order valence-corrected chi connectivity index (χ0v) is 14.0. The van der Waals surface area contributed by atoms with Crippen molar-refractivity contribution in [3.8, 4) is 11.4 Å². The predicted molar refractivity (Wildman–Crippen MR) is 88.1 cm³/mol. The van der Waals surface area contributed by atoms with Crippen molar-refractivity contribution >= 4 is 5.97 Å². The third kappa shape index (κ3) is 4.87. The average Bonchev–Trinajstić information content (AvgIpc) is 2.94. The normalized spacial score (nSPS) is 11.6. The SMILES string of the molecule is CC(C)(C)c1ccc(-c2nnnn2CCCCCC(=O)O)cc1. The van der Waals surface area contributed by atoms with Gasteiger partial charge in [0.1, 0.15) is 0 Å². The Labute approximate surface area is 136 Å². The van der Waals surface area contributed by atoms with Crippen LogP contribution in [0.1, 0.15) is 52.0 Å². The van der Waals surface area contributed by atoms with Crippen LogP contribution in [-0.4, -0.2) is 31.3 Å². The van der Waals surface area contributed by atoms with E-state index in [4.69, 9.17) is 5.11 Å². The third-order valence-corrected chi connectivity index (χ3v) is 3.80. The van der Waals surface area contributed by atoms with Crippen LogP contribution in [0.15, 0.2) is 24.3 Å². The van der Waals surface area contributed by atoms with Crippen molar-refractivity contribution in [3.05, 3.63) is 29.8 Å². The number of aryl methyl sites for hydroxylation is 1. The van der Waals surface area contributed by atoms with Gasteiger partial charge in [-0.2, -0.15) is 0 Å². The van der Waals surface area contributed by atoms with Crippen molar-refractivity contribution in [2.75, 3.05) is 0 Å². The zero-order chi connectivity index (χ0) is 16.9. The number of unbranched alkanes of at least 4 members (excludes halogenated alkanes) is 2. The highest BCUT2D eigenvalue weighted by molar-refractivity contribution is 5.66. The van der Waals surface area contributed by atoms with Crippen LogP contribution < -0.4 is 0 Å². The fourth-order valence-corrected chi connectivity index (χ4v) is 2.40. The molecule has 2 aromatic rings. The Morgan fingerprint density at radius 2 is 1.83 bits per heavy atom. The minimum Gasteiger partial charge on any atom is -0.481 e. The zero-order valence-electron chi connectivity index (χ0n) is 14.0. The Morgan fingerprint density at radius 3 is 2.43 bits per heavy atom. The lowest BCUT2D eigenvalue weighted by molar-refractivity contribution is -0.137. The molecule has 0 saturated carbocycles. The second kappa shape index (κ2) is 7.35. The topological polar surface area (TPSA) is 80.9 Å². The van der Waals surface area contributed by atoms with Gasteiger partial charge >= 0.3 is 5.97 Å². The Kier molecular flexibility index (Phi) is 5.47. The standard InChI is InChI=1S/C17H24N4O2/c1-17(2,3)14-10-8-13(9-11-14)16-18-19-20-21(16)12-6-4-5-7-15(22)23/h8-11H,4-7,12H2,1-3H3,(H,22,23). The summed E-state index contributed by atoms with van der Waals surface area (Å²) in [4.78, 5) is 10.5. The molecule has 0 aliphatic heterocycles. The van der Waals surface area contributed by atoms with Crippen LogP contribution in [0.3, 0.4) is 0 Å². The third-order valence-electron chi connectivity index (χ3n) is 3.80. The molecule has 124 valence electrons. The largest absolute Gasteiger partial charge is 0.481 e. The maximum absolute atomic E-state index is 10.5. The summed E-state index contributed by atoms with van der Waals surface area (Å²) < 4.78 is 1.78. The maximum Gasteiger partial charge on any atom is 0.303 e. The summed E-state index contributed by atoms with van der Waals surface area (Å²) in [6.45, 7) is 7.25. The molecular weight excluding hydrogens is 292 g/mol. The monoisotopic (exact) mass is 316 g/mol. The van der Waals surface area contributed by atoms with Crippen molar-refractivity contribution in [2.45, 2.75) is 58.4 Å². The number of carboxylic acids is 1. The van der Waals surface area contributed by atoms with Gasteiger partial charge in [-0.25, -0.2) is 4.68 Å². The summed E-state index contributed by atoms with van der Waals surface area (Å²) in [5.74, 6) is 0.00995. The van der Waals surface area contributed by atoms with E-state index in [-0.39, 0.29) is 11.8 Å². The summed E-state index contributed by atoms with van der Waals surface area (Å²) in [6.07, 6.45) is 2.63. The predicted octanol–water partition coefficient (Wildman–Crippen LogP) is 3.28. The number of rotatable bonds is 7. The summed E-state index contributed by atoms with van der Waals surface area (Å²) in [7, 11) is 0. The van der Waals surface area contributed by atoms with E-state index in [1.807, 2.05) is 12.1 Å². The average molecular weight is 316 g/mol. The molecule has 0 bridgehead atoms. The first-order valence-electron chi connectivity index (χ1n) is 7.97. The lowest BCUT2D eigenvalue weighted by atomic mass is 9.87. The smallest absolute Gasteiger partial charge is 0.303 e. The lowest BCUT2D eigenvalue weighted by Gasteiger charge is -2.19. The van der Waals surface area contributed by atoms with Crippen LogP contribution in [0, 0.1) is 0 Å². The van der Waals surface area contributed by atoms with E-state index in [2.05, 4.69) is 48.4 Å². The number of carbonyl (C=O) groups is 1. The number of carboxylic acid groups (broad SMARTS) is 1. The molecule has 0 fully saturated rings. The van der Waals surface area contributed by atoms with Gasteiger partial charge in [-0.1, -0.05) is 51.5 Å². The van der Waals surface area contributed by atoms with Crippen molar-refractivity contribution < 1.29 is 9.90 Å². The first kappa shape index (κ1) is 17.1. The van der Waals surface area contributed by atoms with Crippen LogP contribution in [0.25, 0.3) is 11.4 Å². The van der Waals surface area contributed by atoms with Gasteiger partial charge in [-0.3, -0.25) is 4.79 Å². The molecule has 23 heavy (non-hydrogen) atoms. The van der Waals surface area contributed by atoms with Crippen LogP contribution in [0.5, 0.6) is 0 Å². The van der Waals surface area contributed by atoms with E-state index in [1.165, 1.54) is 5.56 Å². The van der Waals surface area contributed by atoms with E-state index >= 15 is 0 Å². The van der Waals surface area contributed by atoms with Crippen molar-refractivity contribution in [1.82, 2.24) is 20.2 Å². The van der Waals surface area contributed by atoms with Gasteiger partial charge in [0.25, 0.3) is 0 Å². The molecule has 0 amide bonds. The molecule has 0 spiro atoms. The van der Waals surface area contributed by atoms with Crippen molar-refractivity contribution in [1.29, 1.82) is 0 Å². The molecule has 0 atom stereocenters. The summed E-state index contributed by atoms with van der Waals surface area (Å²) in [5, 5.41) is 20.5. The number of nitrogens with zero attached hydrogens (tertiary/aromatic N) is 4. The maximum atomic E-state index is 10.5. The molecule has 2 rings (SSSR count). The Balaban J connectivity index is 1.99. The summed E-state index contributed by atoms with van der Waals surface area (Å²) >= 11 is 0. The number of benzene rings is 1. The summed E-state index contributed by atoms with van der Waals surface area (Å²) in [5.41, 5.74) is 2.39. The van der Waals surface area contributed by atoms with Crippen LogP contribution in [0.2, 0.25) is 0 Å². The molecule has 6 heteroatoms. The van der Waals surface area contributed by atoms with E-state index < -0.39 is 5.97 Å². The Bertz CT molecular complexity index is 641. The minimum atomic E-state index is -0.743. The first-order chi connectivity index (χ1) is 10.9. The van der Waals surface area contributed by atoms with Gasteiger partial charge in [-0.05, 0) is 34.2 Å². The Morgan fingerprint density at radius 1 is 1.13 bits per heavy atom. The van der Waals surface area contributed by atoms with E-state index in [9.17, 15) is 4.79 Å². The number of tetrazole rings is 1. The first-order valence-corrected chi connectivity index (χ1v) is 7.97. The molecule has 0 unspecified atom stereocenters. The van der Waals surface area contributed by atoms with Crippen molar-refractivity contribution in [3.63, 3.8) is 0 Å². The van der Waals surface area contributed by atoms with Crippen LogP contribution in [0.4, 0.5) is 0 Å². The molecule has 0 aliphatic carbocycles. The Hall–Kier alpha value is -2.24. The molecule has 1 heterocycles. The highest BCUT2D eigenvalue weighted by atomic mass is 16.4. The summed E-state index contributed by atoms with van der Waals surface area (Å²) in [6, 6.07) is 8.32. The van der Waals surface area contributed by atoms with Gasteiger partial charge in [0.15, 0.2) is 5.82 Å². The number of aromatic nitrogens is 4. The molecule has 0 saturated heterocycles. The highest BCUT2D eigenvalue weighted by Gasteiger charge is 2.14. The molecule has 0 aliphatic rings. The number of aliphatic carboxylic acids is 1. The lowest BCUT2D eigenvalue weighted by Crippen LogP contribution is -2.10. The second-order valence-corrected chi connectivity index (χ2v) is 6.76. The van der Waals surface area contributed by atoms with E-state index in [0.29, 0.717) is 13.0 Å². The quantitative estimate of drug-likeness (QED) is 0.793. The van der Waals surface area contributed by atoms with Crippen molar-refractivity contribution in [2.24, 2.45) is 0 Å². The van der Waals surface area contributed by atoms with Crippen LogP contribution >= 0.6 is 0 Å². The highest BCUT2D eigenvalue weighted by Crippen LogP contribution is 2.25. The van der Waals surface area contributed by atoms with E-state index in [0.717, 1.165) is 24.2 Å². The second-order valence-electron chi connectivity index (χ2n) is 6.76. The molecule has 6 nitrogen and oxygen atoms in total. The number of hydrogen-bond acceptors (Lipinski definition) is 4. The van der Waals surface area contributed by atoms with Gasteiger partial charge in [-0.15, -0.1) is 5.10 Å². The molecular formula is C17H24N4O2. The van der Waals surface area contributed by atoms with Crippen LogP contribution in [-0.2, 0) is 16.8 Å². The molecule has 1 N–H and O–H groups in total. The minimum absolute atomic E-state index is 0.120. The number of hydrogen-bond donors (Lipinski definition) is 1. The fourth-order valence-electron chi connectivity index (χ4n) is 2.40.